The van der Waals surface area contributed by atoms with Crippen molar-refractivity contribution in [2.75, 3.05) is 14.2 Å². The molecule has 0 aliphatic rings. The Morgan fingerprint density at radius 3 is 2.38 bits per heavy atom. The summed E-state index contributed by atoms with van der Waals surface area (Å²) >= 11 is 3.51. The number of methoxy groups -OCH3 is 1. The predicted octanol–water partition coefficient (Wildman–Crippen LogP) is 2.76. The van der Waals surface area contributed by atoms with Gasteiger partial charge in [-0.3, -0.25) is 0 Å². The maximum absolute atomic E-state index is 5.45. The number of hydrogen-bond acceptors (Lipinski definition) is 2. The number of nitrogens with zero attached hydrogens (tertiary/aromatic N) is 1. The van der Waals surface area contributed by atoms with E-state index in [1.807, 2.05) is 25.8 Å². The molecule has 0 spiro atoms. The maximum Gasteiger partial charge on any atom is 0.116 e. The SMILES string of the molecule is C=CN(C)C(=C)C(C)(OC)C(C)Br. The second-order valence-corrected chi connectivity index (χ2v) is 4.54. The van der Waals surface area contributed by atoms with Crippen LogP contribution in [0.5, 0.6) is 0 Å². The van der Waals surface area contributed by atoms with Gasteiger partial charge < -0.3 is 9.64 Å². The van der Waals surface area contributed by atoms with Crippen LogP contribution in [0.4, 0.5) is 0 Å². The summed E-state index contributed by atoms with van der Waals surface area (Å²) in [6, 6.07) is 0. The first kappa shape index (κ1) is 12.7. The summed E-state index contributed by atoms with van der Waals surface area (Å²) in [5.41, 5.74) is 0.484. The summed E-state index contributed by atoms with van der Waals surface area (Å²) in [6.07, 6.45) is 1.72. The number of likely N-dealkylation sites (N-methyl/N-ethyl adjacent to an activating group) is 1. The minimum absolute atomic E-state index is 0.194. The molecule has 0 rings (SSSR count). The van der Waals surface area contributed by atoms with Crippen LogP contribution in [-0.4, -0.2) is 29.5 Å². The van der Waals surface area contributed by atoms with Crippen molar-refractivity contribution in [2.24, 2.45) is 0 Å². The third kappa shape index (κ3) is 2.58. The highest BCUT2D eigenvalue weighted by atomic mass is 79.9. The summed E-state index contributed by atoms with van der Waals surface area (Å²) < 4.78 is 5.45. The van der Waals surface area contributed by atoms with Gasteiger partial charge in [0.25, 0.3) is 0 Å². The second kappa shape index (κ2) is 4.82. The largest absolute Gasteiger partial charge is 0.371 e. The molecule has 3 heteroatoms. The van der Waals surface area contributed by atoms with Gasteiger partial charge in [-0.1, -0.05) is 29.1 Å². The molecule has 0 aromatic carbocycles. The summed E-state index contributed by atoms with van der Waals surface area (Å²) in [7, 11) is 3.59. The van der Waals surface area contributed by atoms with Gasteiger partial charge in [-0.05, 0) is 20.0 Å². The molecule has 0 fully saturated rings. The van der Waals surface area contributed by atoms with Crippen LogP contribution in [0.25, 0.3) is 0 Å². The molecule has 0 heterocycles. The highest BCUT2D eigenvalue weighted by Crippen LogP contribution is 2.30. The normalized spacial score (nSPS) is 17.3. The molecule has 0 aromatic heterocycles. The average molecular weight is 248 g/mol. The van der Waals surface area contributed by atoms with E-state index in [2.05, 4.69) is 29.1 Å². The van der Waals surface area contributed by atoms with Crippen LogP contribution in [0, 0.1) is 0 Å². The van der Waals surface area contributed by atoms with Gasteiger partial charge in [0.2, 0.25) is 0 Å². The van der Waals surface area contributed by atoms with E-state index in [1.165, 1.54) is 0 Å². The molecule has 2 unspecified atom stereocenters. The molecule has 0 aliphatic heterocycles. The first-order valence-corrected chi connectivity index (χ1v) is 5.05. The van der Waals surface area contributed by atoms with Crippen LogP contribution in [0.2, 0.25) is 0 Å². The Kier molecular flexibility index (Phi) is 4.71. The molecule has 0 aliphatic carbocycles. The lowest BCUT2D eigenvalue weighted by Gasteiger charge is -2.36. The Balaban J connectivity index is 4.76. The summed E-state index contributed by atoms with van der Waals surface area (Å²) in [5, 5.41) is 0. The monoisotopic (exact) mass is 247 g/mol. The van der Waals surface area contributed by atoms with Gasteiger partial charge in [0.1, 0.15) is 5.60 Å². The van der Waals surface area contributed by atoms with Gasteiger partial charge in [-0.2, -0.15) is 0 Å². The van der Waals surface area contributed by atoms with Crippen molar-refractivity contribution in [1.82, 2.24) is 4.90 Å². The molecule has 0 amide bonds. The maximum atomic E-state index is 5.45. The Bertz CT molecular complexity index is 203. The van der Waals surface area contributed by atoms with Crippen LogP contribution < -0.4 is 0 Å². The first-order valence-electron chi connectivity index (χ1n) is 4.14. The van der Waals surface area contributed by atoms with E-state index in [4.69, 9.17) is 4.74 Å². The number of alkyl halides is 1. The van der Waals surface area contributed by atoms with Crippen LogP contribution in [0.15, 0.2) is 25.1 Å². The van der Waals surface area contributed by atoms with Crippen molar-refractivity contribution in [1.29, 1.82) is 0 Å². The number of hydrogen-bond donors (Lipinski definition) is 0. The van der Waals surface area contributed by atoms with Gasteiger partial charge in [-0.25, -0.2) is 0 Å². The Morgan fingerprint density at radius 1 is 1.69 bits per heavy atom. The number of halogens is 1. The van der Waals surface area contributed by atoms with Crippen LogP contribution in [0.1, 0.15) is 13.8 Å². The zero-order chi connectivity index (χ0) is 10.6. The van der Waals surface area contributed by atoms with Crippen molar-refractivity contribution in [2.45, 2.75) is 24.3 Å². The van der Waals surface area contributed by atoms with E-state index < -0.39 is 5.60 Å². The van der Waals surface area contributed by atoms with E-state index >= 15 is 0 Å². The number of ether oxygens (including phenoxy) is 1. The van der Waals surface area contributed by atoms with E-state index in [0.717, 1.165) is 5.70 Å². The number of rotatable bonds is 5. The van der Waals surface area contributed by atoms with Crippen molar-refractivity contribution >= 4 is 15.9 Å². The summed E-state index contributed by atoms with van der Waals surface area (Å²) in [4.78, 5) is 2.06. The fraction of sp³-hybridized carbons (Fsp3) is 0.600. The van der Waals surface area contributed by atoms with Crippen molar-refractivity contribution in [3.8, 4) is 0 Å². The molecule has 2 nitrogen and oxygen atoms in total. The lowest BCUT2D eigenvalue weighted by atomic mass is 9.99. The fourth-order valence-corrected chi connectivity index (χ4v) is 1.42. The predicted molar refractivity (Wildman–Crippen MR) is 60.9 cm³/mol. The van der Waals surface area contributed by atoms with E-state index in [9.17, 15) is 0 Å². The zero-order valence-corrected chi connectivity index (χ0v) is 10.4. The third-order valence-corrected chi connectivity index (χ3v) is 3.33. The molecule has 0 saturated carbocycles. The Labute approximate surface area is 89.4 Å². The Morgan fingerprint density at radius 2 is 2.15 bits per heavy atom. The summed E-state index contributed by atoms with van der Waals surface area (Å²) in [6.45, 7) is 11.7. The minimum atomic E-state index is -0.400. The summed E-state index contributed by atoms with van der Waals surface area (Å²) in [5.74, 6) is 0. The van der Waals surface area contributed by atoms with Crippen molar-refractivity contribution in [3.05, 3.63) is 25.1 Å². The molecule has 76 valence electrons. The zero-order valence-electron chi connectivity index (χ0n) is 8.80. The highest BCUT2D eigenvalue weighted by molar-refractivity contribution is 9.09. The standard InChI is InChI=1S/C10H18BrNO/c1-7-12(5)9(3)10(4,13-6)8(2)11/h7-8H,1,3H2,2,4-6H3. The van der Waals surface area contributed by atoms with Gasteiger partial charge in [0.15, 0.2) is 0 Å². The smallest absolute Gasteiger partial charge is 0.116 e. The second-order valence-electron chi connectivity index (χ2n) is 3.17. The first-order chi connectivity index (χ1) is 5.90. The van der Waals surface area contributed by atoms with Crippen LogP contribution in [-0.2, 0) is 4.74 Å². The third-order valence-electron chi connectivity index (χ3n) is 2.46. The molecular formula is C10H18BrNO. The molecule has 0 radical (unpaired) electrons. The van der Waals surface area contributed by atoms with Gasteiger partial charge in [0.05, 0.1) is 0 Å². The molecule has 0 bridgehead atoms. The van der Waals surface area contributed by atoms with Crippen LogP contribution >= 0.6 is 15.9 Å². The Hall–Kier alpha value is -0.280. The molecule has 13 heavy (non-hydrogen) atoms. The lowest BCUT2D eigenvalue weighted by Crippen LogP contribution is -2.42. The molecule has 0 aromatic rings. The minimum Gasteiger partial charge on any atom is -0.371 e. The van der Waals surface area contributed by atoms with Crippen LogP contribution in [0.3, 0.4) is 0 Å². The molecule has 0 saturated heterocycles. The molecular weight excluding hydrogens is 230 g/mol. The van der Waals surface area contributed by atoms with Gasteiger partial charge in [0, 0.05) is 24.7 Å². The lowest BCUT2D eigenvalue weighted by molar-refractivity contribution is 0.0259. The topological polar surface area (TPSA) is 12.5 Å². The van der Waals surface area contributed by atoms with E-state index in [1.54, 1.807) is 13.3 Å². The molecule has 0 N–H and O–H groups in total. The van der Waals surface area contributed by atoms with E-state index in [-0.39, 0.29) is 4.83 Å². The average Bonchev–Trinajstić information content (AvgIpc) is 2.13. The fourth-order valence-electron chi connectivity index (χ4n) is 0.970. The quantitative estimate of drug-likeness (QED) is 0.693. The van der Waals surface area contributed by atoms with Crippen molar-refractivity contribution in [3.63, 3.8) is 0 Å². The highest BCUT2D eigenvalue weighted by Gasteiger charge is 2.34. The molecule has 2 atom stereocenters. The van der Waals surface area contributed by atoms with E-state index in [0.29, 0.717) is 0 Å². The van der Waals surface area contributed by atoms with Gasteiger partial charge in [-0.15, -0.1) is 0 Å². The van der Waals surface area contributed by atoms with Crippen molar-refractivity contribution < 1.29 is 4.74 Å². The van der Waals surface area contributed by atoms with Gasteiger partial charge >= 0.3 is 0 Å².